The Hall–Kier alpha value is -0.610. The molecule has 1 fully saturated rings. The first-order valence-electron chi connectivity index (χ1n) is 6.73. The van der Waals surface area contributed by atoms with Gasteiger partial charge in [0, 0.05) is 19.3 Å². The van der Waals surface area contributed by atoms with Crippen molar-refractivity contribution in [1.82, 2.24) is 9.88 Å². The van der Waals surface area contributed by atoms with Crippen LogP contribution >= 0.6 is 15.9 Å². The quantitative estimate of drug-likeness (QED) is 0.924. The second-order valence-corrected chi connectivity index (χ2v) is 6.15. The van der Waals surface area contributed by atoms with E-state index in [2.05, 4.69) is 51.0 Å². The molecule has 100 valence electrons. The number of likely N-dealkylation sites (tertiary alicyclic amines) is 1. The third kappa shape index (κ3) is 3.95. The van der Waals surface area contributed by atoms with Gasteiger partial charge in [-0.25, -0.2) is 4.98 Å². The number of aryl methyl sites for hydroxylation is 1. The molecule has 1 saturated heterocycles. The number of anilines is 1. The second-order valence-electron chi connectivity index (χ2n) is 5.29. The molecule has 3 nitrogen and oxygen atoms in total. The minimum absolute atomic E-state index is 0.905. The molecule has 4 heteroatoms. The number of piperidine rings is 1. The lowest BCUT2D eigenvalue weighted by atomic mass is 9.99. The normalized spacial score (nSPS) is 17.9. The van der Waals surface area contributed by atoms with E-state index < -0.39 is 0 Å². The van der Waals surface area contributed by atoms with E-state index in [0.717, 1.165) is 29.3 Å². The van der Waals surface area contributed by atoms with E-state index >= 15 is 0 Å². The number of pyridine rings is 1. The van der Waals surface area contributed by atoms with Crippen LogP contribution in [0.4, 0.5) is 5.82 Å². The zero-order valence-corrected chi connectivity index (χ0v) is 12.8. The Kier molecular flexibility index (Phi) is 5.01. The number of nitrogens with one attached hydrogen (secondary N) is 1. The van der Waals surface area contributed by atoms with Crippen molar-refractivity contribution < 1.29 is 0 Å². The fourth-order valence-electron chi connectivity index (χ4n) is 2.28. The summed E-state index contributed by atoms with van der Waals surface area (Å²) < 4.78 is 1.05. The van der Waals surface area contributed by atoms with Crippen molar-refractivity contribution in [1.29, 1.82) is 0 Å². The van der Waals surface area contributed by atoms with E-state index in [1.54, 1.807) is 0 Å². The fourth-order valence-corrected chi connectivity index (χ4v) is 2.89. The number of hydrogen-bond donors (Lipinski definition) is 1. The van der Waals surface area contributed by atoms with E-state index in [4.69, 9.17) is 0 Å². The summed E-state index contributed by atoms with van der Waals surface area (Å²) in [6.07, 6.45) is 4.58. The Balaban J connectivity index is 1.75. The van der Waals surface area contributed by atoms with E-state index in [9.17, 15) is 0 Å². The molecule has 2 rings (SSSR count). The van der Waals surface area contributed by atoms with Gasteiger partial charge in [-0.15, -0.1) is 0 Å². The van der Waals surface area contributed by atoms with Crippen molar-refractivity contribution in [2.45, 2.75) is 26.7 Å². The first kappa shape index (κ1) is 13.8. The van der Waals surface area contributed by atoms with Gasteiger partial charge >= 0.3 is 0 Å². The molecule has 0 amide bonds. The van der Waals surface area contributed by atoms with Crippen LogP contribution < -0.4 is 5.32 Å². The third-order valence-corrected chi connectivity index (χ3v) is 4.18. The lowest BCUT2D eigenvalue weighted by Gasteiger charge is -2.30. The Morgan fingerprint density at radius 1 is 1.44 bits per heavy atom. The van der Waals surface area contributed by atoms with Gasteiger partial charge in [0.15, 0.2) is 0 Å². The maximum absolute atomic E-state index is 4.40. The lowest BCUT2D eigenvalue weighted by Crippen LogP contribution is -2.36. The molecular formula is C14H22BrN3. The largest absolute Gasteiger partial charge is 0.368 e. The Morgan fingerprint density at radius 2 is 2.17 bits per heavy atom. The van der Waals surface area contributed by atoms with Crippen LogP contribution in [0.2, 0.25) is 0 Å². The molecule has 2 heterocycles. The molecule has 0 saturated carbocycles. The van der Waals surface area contributed by atoms with Gasteiger partial charge in [-0.05, 0) is 66.3 Å². The highest BCUT2D eigenvalue weighted by Crippen LogP contribution is 2.20. The van der Waals surface area contributed by atoms with Gasteiger partial charge in [0.05, 0.1) is 4.47 Å². The highest BCUT2D eigenvalue weighted by Gasteiger charge is 2.14. The van der Waals surface area contributed by atoms with E-state index in [1.165, 1.54) is 31.5 Å². The van der Waals surface area contributed by atoms with Gasteiger partial charge in [0.1, 0.15) is 5.82 Å². The van der Waals surface area contributed by atoms with E-state index in [0.29, 0.717) is 0 Å². The van der Waals surface area contributed by atoms with Crippen LogP contribution in [0.1, 0.15) is 25.3 Å². The topological polar surface area (TPSA) is 28.2 Å². The minimum Gasteiger partial charge on any atom is -0.368 e. The highest BCUT2D eigenvalue weighted by molar-refractivity contribution is 9.10. The molecule has 1 aliphatic heterocycles. The molecule has 0 atom stereocenters. The maximum atomic E-state index is 4.40. The van der Waals surface area contributed by atoms with Crippen LogP contribution in [-0.2, 0) is 0 Å². The number of aromatic nitrogens is 1. The molecule has 0 aromatic carbocycles. The average Bonchev–Trinajstić information content (AvgIpc) is 2.34. The zero-order valence-electron chi connectivity index (χ0n) is 11.2. The van der Waals surface area contributed by atoms with Crippen molar-refractivity contribution in [2.24, 2.45) is 5.92 Å². The smallest absolute Gasteiger partial charge is 0.140 e. The third-order valence-electron chi connectivity index (χ3n) is 3.57. The van der Waals surface area contributed by atoms with Gasteiger partial charge in [-0.2, -0.15) is 0 Å². The molecule has 18 heavy (non-hydrogen) atoms. The summed E-state index contributed by atoms with van der Waals surface area (Å²) in [5, 5.41) is 3.40. The van der Waals surface area contributed by atoms with Gasteiger partial charge in [0.25, 0.3) is 0 Å². The van der Waals surface area contributed by atoms with Crippen molar-refractivity contribution >= 4 is 21.7 Å². The van der Waals surface area contributed by atoms with Gasteiger partial charge < -0.3 is 10.2 Å². The van der Waals surface area contributed by atoms with Crippen LogP contribution in [0.3, 0.4) is 0 Å². The highest BCUT2D eigenvalue weighted by atomic mass is 79.9. The molecule has 1 aromatic rings. The van der Waals surface area contributed by atoms with Crippen LogP contribution in [0.5, 0.6) is 0 Å². The van der Waals surface area contributed by atoms with Gasteiger partial charge in [-0.3, -0.25) is 0 Å². The van der Waals surface area contributed by atoms with Crippen molar-refractivity contribution in [3.05, 3.63) is 22.3 Å². The predicted octanol–water partition coefficient (Wildman–Crippen LogP) is 3.30. The fraction of sp³-hybridized carbons (Fsp3) is 0.643. The maximum Gasteiger partial charge on any atom is 0.140 e. The second kappa shape index (κ2) is 6.53. The molecule has 1 N–H and O–H groups in total. The molecule has 0 spiro atoms. The summed E-state index contributed by atoms with van der Waals surface area (Å²) in [6, 6.07) is 2.10. The van der Waals surface area contributed by atoms with Gasteiger partial charge in [-0.1, -0.05) is 6.92 Å². The average molecular weight is 312 g/mol. The standard InChI is InChI=1S/C14H22BrN3/c1-11-3-6-18(7-4-11)8-5-16-14-13(15)9-12(2)10-17-14/h9-11H,3-8H2,1-2H3,(H,16,17). The Bertz CT molecular complexity index is 387. The molecule has 0 unspecified atom stereocenters. The molecule has 1 aliphatic rings. The molecule has 0 bridgehead atoms. The van der Waals surface area contributed by atoms with Gasteiger partial charge in [0.2, 0.25) is 0 Å². The first-order valence-corrected chi connectivity index (χ1v) is 7.53. The lowest BCUT2D eigenvalue weighted by molar-refractivity contribution is 0.199. The monoisotopic (exact) mass is 311 g/mol. The summed E-state index contributed by atoms with van der Waals surface area (Å²) in [5.74, 6) is 1.85. The van der Waals surface area contributed by atoms with E-state index in [-0.39, 0.29) is 0 Å². The molecular weight excluding hydrogens is 290 g/mol. The number of nitrogens with zero attached hydrogens (tertiary/aromatic N) is 2. The SMILES string of the molecule is Cc1cnc(NCCN2CCC(C)CC2)c(Br)c1. The van der Waals surface area contributed by atoms with E-state index in [1.807, 2.05) is 6.20 Å². The molecule has 1 aromatic heterocycles. The molecule has 0 aliphatic carbocycles. The predicted molar refractivity (Wildman–Crippen MR) is 80.0 cm³/mol. The van der Waals surface area contributed by atoms with Crippen LogP contribution in [0, 0.1) is 12.8 Å². The Labute approximate surface area is 118 Å². The summed E-state index contributed by atoms with van der Waals surface area (Å²) >= 11 is 3.54. The number of rotatable bonds is 4. The van der Waals surface area contributed by atoms with Crippen LogP contribution in [0.15, 0.2) is 16.7 Å². The summed E-state index contributed by atoms with van der Waals surface area (Å²) in [6.45, 7) is 8.95. The van der Waals surface area contributed by atoms with Crippen LogP contribution in [0.25, 0.3) is 0 Å². The van der Waals surface area contributed by atoms with Crippen molar-refractivity contribution in [3.63, 3.8) is 0 Å². The van der Waals surface area contributed by atoms with Crippen molar-refractivity contribution in [2.75, 3.05) is 31.5 Å². The summed E-state index contributed by atoms with van der Waals surface area (Å²) in [5.41, 5.74) is 1.18. The number of halogens is 1. The van der Waals surface area contributed by atoms with Crippen LogP contribution in [-0.4, -0.2) is 36.1 Å². The summed E-state index contributed by atoms with van der Waals surface area (Å²) in [4.78, 5) is 6.93. The zero-order chi connectivity index (χ0) is 13.0. The van der Waals surface area contributed by atoms with Crippen molar-refractivity contribution in [3.8, 4) is 0 Å². The number of hydrogen-bond acceptors (Lipinski definition) is 3. The first-order chi connectivity index (χ1) is 8.65. The molecule has 0 radical (unpaired) electrons. The minimum atomic E-state index is 0.905. The Morgan fingerprint density at radius 3 is 2.83 bits per heavy atom. The summed E-state index contributed by atoms with van der Waals surface area (Å²) in [7, 11) is 0.